The highest BCUT2D eigenvalue weighted by Gasteiger charge is 2.21. The van der Waals surface area contributed by atoms with E-state index in [1.807, 2.05) is 6.92 Å². The first kappa shape index (κ1) is 13.8. The van der Waals surface area contributed by atoms with Crippen molar-refractivity contribution in [3.8, 4) is 6.07 Å². The van der Waals surface area contributed by atoms with Crippen molar-refractivity contribution >= 4 is 11.8 Å². The fourth-order valence-electron chi connectivity index (χ4n) is 0.942. The molecule has 1 atom stereocenters. The van der Waals surface area contributed by atoms with Gasteiger partial charge in [0, 0.05) is 18.6 Å². The Kier molecular flexibility index (Phi) is 7.96. The van der Waals surface area contributed by atoms with E-state index in [4.69, 9.17) is 10.00 Å². The molecule has 0 aromatic carbocycles. The third kappa shape index (κ3) is 6.25. The van der Waals surface area contributed by atoms with Crippen LogP contribution in [-0.4, -0.2) is 37.3 Å². The molecular formula is C10H20N2OS. The monoisotopic (exact) mass is 216 g/mol. The average molecular weight is 216 g/mol. The Bertz CT molecular complexity index is 181. The second-order valence-corrected chi connectivity index (χ2v) is 4.52. The molecule has 0 saturated carbocycles. The molecule has 0 aromatic rings. The van der Waals surface area contributed by atoms with Crippen molar-refractivity contribution in [3.05, 3.63) is 0 Å². The molecule has 0 radical (unpaired) electrons. The van der Waals surface area contributed by atoms with Crippen molar-refractivity contribution in [2.24, 2.45) is 0 Å². The third-order valence-electron chi connectivity index (χ3n) is 1.83. The second kappa shape index (κ2) is 8.10. The summed E-state index contributed by atoms with van der Waals surface area (Å²) in [5.74, 6) is 1.76. The van der Waals surface area contributed by atoms with E-state index in [0.717, 1.165) is 31.1 Å². The summed E-state index contributed by atoms with van der Waals surface area (Å²) in [7, 11) is 1.69. The lowest BCUT2D eigenvalue weighted by Gasteiger charge is -2.22. The molecule has 1 unspecified atom stereocenters. The van der Waals surface area contributed by atoms with Gasteiger partial charge in [0.05, 0.1) is 12.7 Å². The fraction of sp³-hybridized carbons (Fsp3) is 0.900. The summed E-state index contributed by atoms with van der Waals surface area (Å²) in [6.07, 6.45) is 1.06. The minimum atomic E-state index is -0.394. The van der Waals surface area contributed by atoms with E-state index >= 15 is 0 Å². The summed E-state index contributed by atoms with van der Waals surface area (Å²) in [5.41, 5.74) is -0.394. The van der Waals surface area contributed by atoms with Crippen LogP contribution in [0.3, 0.4) is 0 Å². The molecule has 4 heteroatoms. The lowest BCUT2D eigenvalue weighted by molar-refractivity contribution is 0.218. The maximum atomic E-state index is 9.01. The topological polar surface area (TPSA) is 45.0 Å². The van der Waals surface area contributed by atoms with E-state index in [9.17, 15) is 0 Å². The summed E-state index contributed by atoms with van der Waals surface area (Å²) in [4.78, 5) is 0. The molecule has 0 fully saturated rings. The Labute approximate surface area is 91.2 Å². The van der Waals surface area contributed by atoms with E-state index in [-0.39, 0.29) is 0 Å². The zero-order valence-electron chi connectivity index (χ0n) is 9.30. The maximum absolute atomic E-state index is 9.01. The highest BCUT2D eigenvalue weighted by molar-refractivity contribution is 7.99. The molecule has 0 rings (SSSR count). The minimum absolute atomic E-state index is 0.394. The average Bonchev–Trinajstić information content (AvgIpc) is 2.22. The molecule has 1 N–H and O–H groups in total. The molecule has 0 aromatic heterocycles. The normalized spacial score (nSPS) is 14.7. The van der Waals surface area contributed by atoms with Gasteiger partial charge in [0.2, 0.25) is 0 Å². The van der Waals surface area contributed by atoms with E-state index in [2.05, 4.69) is 18.3 Å². The Morgan fingerprint density at radius 2 is 2.29 bits per heavy atom. The van der Waals surface area contributed by atoms with Crippen LogP contribution in [0.4, 0.5) is 0 Å². The predicted molar refractivity (Wildman–Crippen MR) is 61.5 cm³/mol. The van der Waals surface area contributed by atoms with Gasteiger partial charge in [0.1, 0.15) is 5.54 Å². The van der Waals surface area contributed by atoms with Crippen molar-refractivity contribution in [2.45, 2.75) is 25.8 Å². The van der Waals surface area contributed by atoms with Gasteiger partial charge >= 0.3 is 0 Å². The van der Waals surface area contributed by atoms with Crippen molar-refractivity contribution in [1.29, 1.82) is 5.26 Å². The van der Waals surface area contributed by atoms with Crippen molar-refractivity contribution < 1.29 is 4.74 Å². The van der Waals surface area contributed by atoms with E-state index in [1.165, 1.54) is 0 Å². The molecule has 0 spiro atoms. The van der Waals surface area contributed by atoms with Gasteiger partial charge in [0.15, 0.2) is 0 Å². The number of ether oxygens (including phenoxy) is 1. The molecule has 14 heavy (non-hydrogen) atoms. The molecule has 0 amide bonds. The quantitative estimate of drug-likeness (QED) is 0.627. The first-order valence-electron chi connectivity index (χ1n) is 4.91. The van der Waals surface area contributed by atoms with Gasteiger partial charge in [-0.15, -0.1) is 0 Å². The Balaban J connectivity index is 3.70. The van der Waals surface area contributed by atoms with Crippen LogP contribution >= 0.6 is 11.8 Å². The molecule has 0 bridgehead atoms. The number of nitriles is 1. The lowest BCUT2D eigenvalue weighted by Crippen LogP contribution is -2.43. The van der Waals surface area contributed by atoms with Gasteiger partial charge in [-0.2, -0.15) is 17.0 Å². The summed E-state index contributed by atoms with van der Waals surface area (Å²) < 4.78 is 4.95. The number of nitrogens with zero attached hydrogens (tertiary/aromatic N) is 1. The van der Waals surface area contributed by atoms with Crippen molar-refractivity contribution in [2.75, 3.05) is 31.8 Å². The number of rotatable bonds is 8. The lowest BCUT2D eigenvalue weighted by atomic mass is 10.1. The molecular weight excluding hydrogens is 196 g/mol. The van der Waals surface area contributed by atoms with Gasteiger partial charge in [-0.25, -0.2) is 0 Å². The smallest absolute Gasteiger partial charge is 0.113 e. The zero-order valence-corrected chi connectivity index (χ0v) is 10.1. The first-order chi connectivity index (χ1) is 6.68. The van der Waals surface area contributed by atoms with Gasteiger partial charge < -0.3 is 4.74 Å². The summed E-state index contributed by atoms with van der Waals surface area (Å²) in [5, 5.41) is 12.3. The first-order valence-corrected chi connectivity index (χ1v) is 6.07. The summed E-state index contributed by atoms with van der Waals surface area (Å²) in [6.45, 7) is 5.69. The van der Waals surface area contributed by atoms with Crippen LogP contribution in [0.5, 0.6) is 0 Å². The Hall–Kier alpha value is -0.240. The van der Waals surface area contributed by atoms with E-state index in [0.29, 0.717) is 0 Å². The Morgan fingerprint density at radius 3 is 2.79 bits per heavy atom. The predicted octanol–water partition coefficient (Wildman–Crippen LogP) is 1.65. The minimum Gasteiger partial charge on any atom is -0.384 e. The number of hydrogen-bond donors (Lipinski definition) is 1. The van der Waals surface area contributed by atoms with E-state index in [1.54, 1.807) is 18.9 Å². The van der Waals surface area contributed by atoms with Crippen LogP contribution in [0.2, 0.25) is 0 Å². The molecule has 0 heterocycles. The highest BCUT2D eigenvalue weighted by Crippen LogP contribution is 2.12. The maximum Gasteiger partial charge on any atom is 0.113 e. The van der Waals surface area contributed by atoms with Crippen LogP contribution < -0.4 is 5.32 Å². The van der Waals surface area contributed by atoms with Gasteiger partial charge in [-0.3, -0.25) is 5.32 Å². The number of thioether (sulfide) groups is 1. The van der Waals surface area contributed by atoms with Crippen molar-refractivity contribution in [3.63, 3.8) is 0 Å². The van der Waals surface area contributed by atoms with E-state index < -0.39 is 5.54 Å². The summed E-state index contributed by atoms with van der Waals surface area (Å²) >= 11 is 1.75. The van der Waals surface area contributed by atoms with Gasteiger partial charge in [-0.05, 0) is 19.9 Å². The molecule has 82 valence electrons. The van der Waals surface area contributed by atoms with Crippen LogP contribution in [0, 0.1) is 11.3 Å². The van der Waals surface area contributed by atoms with Crippen LogP contribution in [0.15, 0.2) is 0 Å². The van der Waals surface area contributed by atoms with Crippen molar-refractivity contribution in [1.82, 2.24) is 5.32 Å². The third-order valence-corrected chi connectivity index (χ3v) is 3.07. The summed E-state index contributed by atoms with van der Waals surface area (Å²) in [6, 6.07) is 2.32. The SMILES string of the molecule is CCCNC(C)(C#N)CSCCOC. The second-order valence-electron chi connectivity index (χ2n) is 3.42. The van der Waals surface area contributed by atoms with Crippen LogP contribution in [0.1, 0.15) is 20.3 Å². The van der Waals surface area contributed by atoms with Gasteiger partial charge in [-0.1, -0.05) is 6.92 Å². The fourth-order valence-corrected chi connectivity index (χ4v) is 1.95. The van der Waals surface area contributed by atoms with Gasteiger partial charge in [0.25, 0.3) is 0 Å². The Morgan fingerprint density at radius 1 is 1.57 bits per heavy atom. The standard InChI is InChI=1S/C10H20N2OS/c1-4-5-12-10(2,8-11)9-14-7-6-13-3/h12H,4-7,9H2,1-3H3. The number of hydrogen-bond acceptors (Lipinski definition) is 4. The number of nitrogens with one attached hydrogen (secondary N) is 1. The molecule has 0 aliphatic rings. The number of methoxy groups -OCH3 is 1. The molecule has 0 aliphatic heterocycles. The highest BCUT2D eigenvalue weighted by atomic mass is 32.2. The largest absolute Gasteiger partial charge is 0.384 e. The molecule has 0 saturated heterocycles. The van der Waals surface area contributed by atoms with Crippen LogP contribution in [0.25, 0.3) is 0 Å². The molecule has 3 nitrogen and oxygen atoms in total. The molecule has 0 aliphatic carbocycles. The zero-order chi connectivity index (χ0) is 10.9. The van der Waals surface area contributed by atoms with Crippen LogP contribution in [-0.2, 0) is 4.74 Å².